The van der Waals surface area contributed by atoms with Crippen LogP contribution in [-0.2, 0) is 14.3 Å². The van der Waals surface area contributed by atoms with Crippen LogP contribution in [0, 0.1) is 5.92 Å². The van der Waals surface area contributed by atoms with Gasteiger partial charge in [0.05, 0.1) is 5.60 Å². The molecule has 0 radical (unpaired) electrons. The van der Waals surface area contributed by atoms with Gasteiger partial charge in [-0.3, -0.25) is 4.79 Å². The molecule has 3 fully saturated rings. The van der Waals surface area contributed by atoms with Gasteiger partial charge >= 0.3 is 0 Å². The quantitative estimate of drug-likeness (QED) is 0.791. The first-order valence-corrected chi connectivity index (χ1v) is 8.43. The Morgan fingerprint density at radius 3 is 2.35 bits per heavy atom. The van der Waals surface area contributed by atoms with Gasteiger partial charge in [0.1, 0.15) is 5.60 Å². The molecule has 1 saturated heterocycles. The first-order chi connectivity index (χ1) is 9.70. The molecule has 114 valence electrons. The van der Waals surface area contributed by atoms with Crippen LogP contribution < -0.4 is 0 Å². The van der Waals surface area contributed by atoms with Crippen LogP contribution in [0.3, 0.4) is 0 Å². The van der Waals surface area contributed by atoms with Crippen molar-refractivity contribution < 1.29 is 14.3 Å². The van der Waals surface area contributed by atoms with Crippen LogP contribution in [0.2, 0.25) is 0 Å². The van der Waals surface area contributed by atoms with E-state index in [1.54, 1.807) is 7.11 Å². The Bertz CT molecular complexity index is 346. The Kier molecular flexibility index (Phi) is 4.19. The molecule has 2 aliphatic carbocycles. The highest BCUT2D eigenvalue weighted by Gasteiger charge is 2.48. The first kappa shape index (κ1) is 14.5. The van der Waals surface area contributed by atoms with Crippen molar-refractivity contribution in [2.24, 2.45) is 5.92 Å². The van der Waals surface area contributed by atoms with E-state index in [0.29, 0.717) is 5.78 Å². The molecule has 0 aromatic carbocycles. The molecule has 3 nitrogen and oxygen atoms in total. The van der Waals surface area contributed by atoms with E-state index < -0.39 is 5.60 Å². The van der Waals surface area contributed by atoms with Gasteiger partial charge in [-0.05, 0) is 51.4 Å². The minimum Gasteiger partial charge on any atom is -0.375 e. The molecule has 0 aromatic rings. The van der Waals surface area contributed by atoms with Gasteiger partial charge in [0.2, 0.25) is 0 Å². The molecular formula is C17H28O3. The van der Waals surface area contributed by atoms with E-state index >= 15 is 0 Å². The summed E-state index contributed by atoms with van der Waals surface area (Å²) in [7, 11) is 1.72. The number of hydrogen-bond acceptors (Lipinski definition) is 3. The molecule has 1 heterocycles. The van der Waals surface area contributed by atoms with E-state index in [9.17, 15) is 4.79 Å². The fourth-order valence-corrected chi connectivity index (χ4v) is 4.67. The smallest absolute Gasteiger partial charge is 0.167 e. The lowest BCUT2D eigenvalue weighted by Gasteiger charge is -2.44. The normalized spacial score (nSPS) is 32.4. The summed E-state index contributed by atoms with van der Waals surface area (Å²) in [5.74, 6) is 0.547. The van der Waals surface area contributed by atoms with Crippen molar-refractivity contribution in [2.45, 2.75) is 81.8 Å². The Labute approximate surface area is 122 Å². The van der Waals surface area contributed by atoms with E-state index in [4.69, 9.17) is 9.47 Å². The molecule has 1 spiro atoms. The van der Waals surface area contributed by atoms with Gasteiger partial charge in [-0.15, -0.1) is 0 Å². The van der Waals surface area contributed by atoms with Crippen molar-refractivity contribution in [1.82, 2.24) is 0 Å². The average Bonchev–Trinajstić information content (AvgIpc) is 2.97. The van der Waals surface area contributed by atoms with E-state index in [1.807, 2.05) is 0 Å². The van der Waals surface area contributed by atoms with Gasteiger partial charge in [-0.1, -0.05) is 19.3 Å². The second-order valence-corrected chi connectivity index (χ2v) is 7.05. The van der Waals surface area contributed by atoms with E-state index in [1.165, 1.54) is 19.3 Å². The number of ketones is 1. The molecule has 0 bridgehead atoms. The van der Waals surface area contributed by atoms with E-state index in [-0.39, 0.29) is 11.5 Å². The summed E-state index contributed by atoms with van der Waals surface area (Å²) < 4.78 is 11.8. The van der Waals surface area contributed by atoms with Crippen LogP contribution >= 0.6 is 0 Å². The third-order valence-corrected chi connectivity index (χ3v) is 5.88. The summed E-state index contributed by atoms with van der Waals surface area (Å²) >= 11 is 0. The topological polar surface area (TPSA) is 35.5 Å². The number of carbonyl (C=O) groups is 1. The van der Waals surface area contributed by atoms with E-state index in [0.717, 1.165) is 58.0 Å². The molecular weight excluding hydrogens is 252 g/mol. The average molecular weight is 280 g/mol. The Morgan fingerprint density at radius 1 is 1.05 bits per heavy atom. The summed E-state index contributed by atoms with van der Waals surface area (Å²) in [6, 6.07) is 0. The summed E-state index contributed by atoms with van der Waals surface area (Å²) in [5, 5.41) is 0. The van der Waals surface area contributed by atoms with Crippen LogP contribution in [0.1, 0.15) is 70.6 Å². The van der Waals surface area contributed by atoms with Gasteiger partial charge in [0, 0.05) is 19.6 Å². The number of ether oxygens (including phenoxy) is 2. The maximum atomic E-state index is 13.0. The molecule has 20 heavy (non-hydrogen) atoms. The number of carbonyl (C=O) groups excluding carboxylic acids is 1. The lowest BCUT2D eigenvalue weighted by Crippen LogP contribution is -2.49. The number of hydrogen-bond donors (Lipinski definition) is 0. The lowest BCUT2D eigenvalue weighted by atomic mass is 9.72. The zero-order chi connectivity index (χ0) is 14.1. The molecule has 3 rings (SSSR count). The standard InChI is InChI=1S/C17H28O3/c1-19-17(10-5-6-11-17)15(18)14-7-12-20-16(13-14)8-3-2-4-9-16/h14H,2-13H2,1H3. The Hall–Kier alpha value is -0.410. The second kappa shape index (κ2) is 5.76. The van der Waals surface area contributed by atoms with Crippen LogP contribution in [0.15, 0.2) is 0 Å². The largest absolute Gasteiger partial charge is 0.375 e. The van der Waals surface area contributed by atoms with Crippen molar-refractivity contribution in [3.05, 3.63) is 0 Å². The molecule has 1 atom stereocenters. The third-order valence-electron chi connectivity index (χ3n) is 5.88. The molecule has 1 unspecified atom stereocenters. The van der Waals surface area contributed by atoms with Gasteiger partial charge in [0.25, 0.3) is 0 Å². The Morgan fingerprint density at radius 2 is 1.70 bits per heavy atom. The van der Waals surface area contributed by atoms with Crippen molar-refractivity contribution in [1.29, 1.82) is 0 Å². The van der Waals surface area contributed by atoms with Crippen LogP contribution in [0.5, 0.6) is 0 Å². The highest BCUT2D eigenvalue weighted by molar-refractivity contribution is 5.90. The highest BCUT2D eigenvalue weighted by atomic mass is 16.5. The summed E-state index contributed by atoms with van der Waals surface area (Å²) in [6.45, 7) is 0.760. The predicted octanol–water partition coefficient (Wildman–Crippen LogP) is 3.64. The molecule has 3 aliphatic rings. The zero-order valence-corrected chi connectivity index (χ0v) is 12.8. The SMILES string of the molecule is COC1(C(=O)C2CCOC3(CCCCC3)C2)CCCC1. The summed E-state index contributed by atoms with van der Waals surface area (Å²) in [6.07, 6.45) is 12.1. The van der Waals surface area contributed by atoms with Crippen LogP contribution in [0.4, 0.5) is 0 Å². The predicted molar refractivity (Wildman–Crippen MR) is 77.7 cm³/mol. The molecule has 0 amide bonds. The van der Waals surface area contributed by atoms with Gasteiger partial charge in [-0.25, -0.2) is 0 Å². The fourth-order valence-electron chi connectivity index (χ4n) is 4.67. The molecule has 3 heteroatoms. The van der Waals surface area contributed by atoms with Gasteiger partial charge < -0.3 is 9.47 Å². The number of Topliss-reactive ketones (excluding diaryl/α,β-unsaturated/α-hetero) is 1. The molecule has 0 aromatic heterocycles. The monoisotopic (exact) mass is 280 g/mol. The van der Waals surface area contributed by atoms with Crippen LogP contribution in [0.25, 0.3) is 0 Å². The molecule has 2 saturated carbocycles. The molecule has 0 N–H and O–H groups in total. The maximum absolute atomic E-state index is 13.0. The lowest BCUT2D eigenvalue weighted by molar-refractivity contribution is -0.160. The maximum Gasteiger partial charge on any atom is 0.167 e. The minimum absolute atomic E-state index is 0.0182. The third kappa shape index (κ3) is 2.55. The van der Waals surface area contributed by atoms with Crippen LogP contribution in [-0.4, -0.2) is 30.7 Å². The zero-order valence-electron chi connectivity index (χ0n) is 12.8. The summed E-state index contributed by atoms with van der Waals surface area (Å²) in [4.78, 5) is 13.0. The number of methoxy groups -OCH3 is 1. The second-order valence-electron chi connectivity index (χ2n) is 7.05. The highest BCUT2D eigenvalue weighted by Crippen LogP contribution is 2.44. The van der Waals surface area contributed by atoms with Crippen molar-refractivity contribution in [3.8, 4) is 0 Å². The summed E-state index contributed by atoms with van der Waals surface area (Å²) in [5.41, 5.74) is -0.442. The van der Waals surface area contributed by atoms with E-state index in [2.05, 4.69) is 0 Å². The number of rotatable bonds is 3. The van der Waals surface area contributed by atoms with Crippen molar-refractivity contribution in [2.75, 3.05) is 13.7 Å². The van der Waals surface area contributed by atoms with Gasteiger partial charge in [0.15, 0.2) is 5.78 Å². The molecule has 1 aliphatic heterocycles. The Balaban J connectivity index is 1.71. The van der Waals surface area contributed by atoms with Crippen molar-refractivity contribution in [3.63, 3.8) is 0 Å². The van der Waals surface area contributed by atoms with Crippen molar-refractivity contribution >= 4 is 5.78 Å². The fraction of sp³-hybridized carbons (Fsp3) is 0.941. The van der Waals surface area contributed by atoms with Gasteiger partial charge in [-0.2, -0.15) is 0 Å². The first-order valence-electron chi connectivity index (χ1n) is 8.43. The minimum atomic E-state index is -0.460.